The molecule has 1 fully saturated rings. The Morgan fingerprint density at radius 3 is 2.45 bits per heavy atom. The zero-order valence-corrected chi connectivity index (χ0v) is 13.2. The number of carbonyl (C=O) groups excluding carboxylic acids is 2. The number of esters is 2. The molecule has 1 aromatic rings. The van der Waals surface area contributed by atoms with E-state index in [-0.39, 0.29) is 11.4 Å². The van der Waals surface area contributed by atoms with E-state index in [1.165, 1.54) is 32.0 Å². The fraction of sp³-hybridized carbons (Fsp3) is 0.308. The Kier molecular flexibility index (Phi) is 4.27. The van der Waals surface area contributed by atoms with Crippen molar-refractivity contribution in [1.82, 2.24) is 0 Å². The van der Waals surface area contributed by atoms with Crippen molar-refractivity contribution in [3.05, 3.63) is 32.8 Å². The molecule has 0 bridgehead atoms. The number of aliphatic imine (C=N–C) groups is 1. The summed E-state index contributed by atoms with van der Waals surface area (Å²) < 4.78 is 10.4. The normalized spacial score (nSPS) is 18.1. The van der Waals surface area contributed by atoms with Crippen LogP contribution in [0.1, 0.15) is 13.8 Å². The minimum Gasteiger partial charge on any atom is -0.422 e. The zero-order valence-electron chi connectivity index (χ0n) is 11.6. The second-order valence-electron chi connectivity index (χ2n) is 4.89. The number of rotatable bonds is 3. The highest BCUT2D eigenvalue weighted by atomic mass is 79.9. The minimum absolute atomic E-state index is 0.162. The molecule has 116 valence electrons. The standard InChI is InChI=1S/C13H11BrN2O6/c1-13(2)21-11(17)8(12(18)22-13)6-15-10-5-7(16(19)20)3-4-9(10)14/h3-6,8H,1-2H3. The van der Waals surface area contributed by atoms with E-state index in [4.69, 9.17) is 9.47 Å². The predicted molar refractivity (Wildman–Crippen MR) is 78.7 cm³/mol. The highest BCUT2D eigenvalue weighted by Gasteiger charge is 2.42. The molecule has 1 saturated heterocycles. The number of benzene rings is 1. The average Bonchev–Trinajstić information content (AvgIpc) is 2.38. The lowest BCUT2D eigenvalue weighted by Gasteiger charge is -2.31. The van der Waals surface area contributed by atoms with Gasteiger partial charge in [-0.3, -0.25) is 24.7 Å². The first-order valence-corrected chi connectivity index (χ1v) is 6.93. The lowest BCUT2D eigenvalue weighted by atomic mass is 10.1. The van der Waals surface area contributed by atoms with E-state index in [9.17, 15) is 19.7 Å². The van der Waals surface area contributed by atoms with Gasteiger partial charge in [0.15, 0.2) is 5.92 Å². The summed E-state index contributed by atoms with van der Waals surface area (Å²) in [6.45, 7) is 2.88. The lowest BCUT2D eigenvalue weighted by Crippen LogP contribution is -2.46. The largest absolute Gasteiger partial charge is 0.422 e. The fourth-order valence-corrected chi connectivity index (χ4v) is 2.07. The summed E-state index contributed by atoms with van der Waals surface area (Å²) in [5.41, 5.74) is 0.0462. The van der Waals surface area contributed by atoms with Crippen LogP contribution in [0.2, 0.25) is 0 Å². The van der Waals surface area contributed by atoms with Crippen molar-refractivity contribution in [3.63, 3.8) is 0 Å². The molecular formula is C13H11BrN2O6. The molecule has 0 aromatic heterocycles. The number of non-ortho nitro benzene ring substituents is 1. The second-order valence-corrected chi connectivity index (χ2v) is 5.75. The highest BCUT2D eigenvalue weighted by Crippen LogP contribution is 2.30. The first-order valence-electron chi connectivity index (χ1n) is 6.13. The Hall–Kier alpha value is -2.29. The predicted octanol–water partition coefficient (Wildman–Crippen LogP) is 2.51. The quantitative estimate of drug-likeness (QED) is 0.266. The molecule has 0 amide bonds. The molecule has 8 nitrogen and oxygen atoms in total. The molecule has 22 heavy (non-hydrogen) atoms. The highest BCUT2D eigenvalue weighted by molar-refractivity contribution is 9.10. The second kappa shape index (κ2) is 5.84. The van der Waals surface area contributed by atoms with Crippen molar-refractivity contribution >= 4 is 45.5 Å². The van der Waals surface area contributed by atoms with Gasteiger partial charge in [-0.2, -0.15) is 0 Å². The van der Waals surface area contributed by atoms with Gasteiger partial charge in [-0.25, -0.2) is 0 Å². The van der Waals surface area contributed by atoms with Crippen molar-refractivity contribution < 1.29 is 24.0 Å². The van der Waals surface area contributed by atoms with Gasteiger partial charge in [-0.1, -0.05) is 0 Å². The molecule has 1 aromatic carbocycles. The number of hydrogen-bond donors (Lipinski definition) is 0. The Balaban J connectivity index is 2.25. The van der Waals surface area contributed by atoms with Crippen LogP contribution in [0.4, 0.5) is 11.4 Å². The van der Waals surface area contributed by atoms with Gasteiger partial charge < -0.3 is 9.47 Å². The maximum absolute atomic E-state index is 11.8. The van der Waals surface area contributed by atoms with Crippen LogP contribution in [-0.4, -0.2) is 28.9 Å². The topological polar surface area (TPSA) is 108 Å². The van der Waals surface area contributed by atoms with Gasteiger partial charge in [0.05, 0.1) is 10.6 Å². The fourth-order valence-electron chi connectivity index (χ4n) is 1.72. The summed E-state index contributed by atoms with van der Waals surface area (Å²) >= 11 is 3.18. The van der Waals surface area contributed by atoms with Gasteiger partial charge in [0.25, 0.3) is 11.5 Å². The summed E-state index contributed by atoms with van der Waals surface area (Å²) in [5.74, 6) is -4.19. The molecular weight excluding hydrogens is 360 g/mol. The number of hydrogen-bond acceptors (Lipinski definition) is 7. The van der Waals surface area contributed by atoms with E-state index in [2.05, 4.69) is 20.9 Å². The molecule has 0 aliphatic carbocycles. The summed E-state index contributed by atoms with van der Waals surface area (Å²) in [6.07, 6.45) is 1.05. The van der Waals surface area contributed by atoms with Gasteiger partial charge in [-0.05, 0) is 22.0 Å². The summed E-state index contributed by atoms with van der Waals surface area (Å²) in [6, 6.07) is 3.96. The van der Waals surface area contributed by atoms with Crippen molar-refractivity contribution in [3.8, 4) is 0 Å². The van der Waals surface area contributed by atoms with E-state index < -0.39 is 28.6 Å². The van der Waals surface area contributed by atoms with Crippen molar-refractivity contribution in [2.75, 3.05) is 0 Å². The summed E-state index contributed by atoms with van der Waals surface area (Å²) in [7, 11) is 0. The van der Waals surface area contributed by atoms with Crippen molar-refractivity contribution in [1.29, 1.82) is 0 Å². The maximum atomic E-state index is 11.8. The molecule has 0 radical (unpaired) electrons. The van der Waals surface area contributed by atoms with Gasteiger partial charge >= 0.3 is 11.9 Å². The Morgan fingerprint density at radius 1 is 1.32 bits per heavy atom. The van der Waals surface area contributed by atoms with E-state index >= 15 is 0 Å². The van der Waals surface area contributed by atoms with Crippen LogP contribution in [0.5, 0.6) is 0 Å². The summed E-state index contributed by atoms with van der Waals surface area (Å²) in [5, 5.41) is 10.7. The van der Waals surface area contributed by atoms with Crippen LogP contribution in [0, 0.1) is 16.0 Å². The number of nitro groups is 1. The van der Waals surface area contributed by atoms with Crippen molar-refractivity contribution in [2.24, 2.45) is 10.9 Å². The molecule has 1 heterocycles. The van der Waals surface area contributed by atoms with Gasteiger partial charge in [0.2, 0.25) is 0 Å². The van der Waals surface area contributed by atoms with Gasteiger partial charge in [0, 0.05) is 36.7 Å². The molecule has 9 heteroatoms. The zero-order chi connectivity index (χ0) is 16.5. The number of cyclic esters (lactones) is 2. The minimum atomic E-state index is -1.31. The van der Waals surface area contributed by atoms with Crippen LogP contribution >= 0.6 is 15.9 Å². The maximum Gasteiger partial charge on any atom is 0.329 e. The van der Waals surface area contributed by atoms with E-state index in [1.54, 1.807) is 0 Å². The molecule has 0 N–H and O–H groups in total. The van der Waals surface area contributed by atoms with Crippen LogP contribution in [0.15, 0.2) is 27.7 Å². The third kappa shape index (κ3) is 3.48. The van der Waals surface area contributed by atoms with Crippen LogP contribution in [-0.2, 0) is 19.1 Å². The molecule has 0 saturated carbocycles. The molecule has 2 rings (SSSR count). The Labute approximate surface area is 133 Å². The van der Waals surface area contributed by atoms with E-state index in [1.807, 2.05) is 0 Å². The van der Waals surface area contributed by atoms with E-state index in [0.717, 1.165) is 6.21 Å². The van der Waals surface area contributed by atoms with Crippen LogP contribution in [0.25, 0.3) is 0 Å². The molecule has 0 unspecified atom stereocenters. The third-order valence-corrected chi connectivity index (χ3v) is 3.37. The number of halogens is 1. The first-order chi connectivity index (χ1) is 10.2. The molecule has 0 spiro atoms. The summed E-state index contributed by atoms with van der Waals surface area (Å²) in [4.78, 5) is 37.6. The number of carbonyl (C=O) groups is 2. The Bertz CT molecular complexity index is 665. The smallest absolute Gasteiger partial charge is 0.329 e. The number of ether oxygens (including phenoxy) is 2. The van der Waals surface area contributed by atoms with Crippen molar-refractivity contribution in [2.45, 2.75) is 19.6 Å². The van der Waals surface area contributed by atoms with Gasteiger partial charge in [0.1, 0.15) is 0 Å². The van der Waals surface area contributed by atoms with E-state index in [0.29, 0.717) is 4.47 Å². The van der Waals surface area contributed by atoms with Gasteiger partial charge in [-0.15, -0.1) is 0 Å². The van der Waals surface area contributed by atoms with Crippen LogP contribution < -0.4 is 0 Å². The number of nitrogens with zero attached hydrogens (tertiary/aromatic N) is 2. The third-order valence-electron chi connectivity index (χ3n) is 2.70. The SMILES string of the molecule is CC1(C)OC(=O)C(C=Nc2cc([N+](=O)[O-])ccc2Br)C(=O)O1. The molecule has 1 aliphatic rings. The molecule has 1 aliphatic heterocycles. The lowest BCUT2D eigenvalue weighted by molar-refractivity contribution is -0.384. The average molecular weight is 371 g/mol. The Morgan fingerprint density at radius 2 is 1.91 bits per heavy atom. The molecule has 0 atom stereocenters. The first kappa shape index (κ1) is 16.1. The monoisotopic (exact) mass is 370 g/mol. The van der Waals surface area contributed by atoms with Crippen LogP contribution in [0.3, 0.4) is 0 Å². The number of nitro benzene ring substituents is 1.